The molecular formula is C10H14FN3O. The van der Waals surface area contributed by atoms with Gasteiger partial charge in [0, 0.05) is 12.6 Å². The Kier molecular flexibility index (Phi) is 2.81. The number of halogens is 1. The molecule has 4 nitrogen and oxygen atoms in total. The molecule has 2 heterocycles. The third-order valence-electron chi connectivity index (χ3n) is 2.52. The first-order chi connectivity index (χ1) is 7.16. The van der Waals surface area contributed by atoms with Gasteiger partial charge in [0.15, 0.2) is 0 Å². The quantitative estimate of drug-likeness (QED) is 0.655. The van der Waals surface area contributed by atoms with E-state index in [0.29, 0.717) is 12.4 Å². The molecule has 82 valence electrons. The summed E-state index contributed by atoms with van der Waals surface area (Å²) < 4.78 is 18.4. The first kappa shape index (κ1) is 10.3. The number of nitrogens with zero attached hydrogens (tertiary/aromatic N) is 3. The fraction of sp³-hybridized carbons (Fsp3) is 0.600. The highest BCUT2D eigenvalue weighted by atomic mass is 19.1. The van der Waals surface area contributed by atoms with E-state index in [-0.39, 0.29) is 12.1 Å². The maximum Gasteiger partial charge on any atom is 0.218 e. The predicted octanol–water partition coefficient (Wildman–Crippen LogP) is 1.23. The van der Waals surface area contributed by atoms with Crippen LogP contribution in [0.5, 0.6) is 0 Å². The minimum atomic E-state index is -0.494. The molecule has 0 aliphatic carbocycles. The van der Waals surface area contributed by atoms with E-state index in [0.717, 1.165) is 6.54 Å². The SMILES string of the molecule is CC1CN(c2cc(F)ncn2)C(C)CO1. The Bertz CT molecular complexity index is 347. The van der Waals surface area contributed by atoms with E-state index in [1.165, 1.54) is 12.4 Å². The van der Waals surface area contributed by atoms with Crippen LogP contribution in [0.1, 0.15) is 13.8 Å². The van der Waals surface area contributed by atoms with Crippen molar-refractivity contribution in [2.45, 2.75) is 26.0 Å². The Balaban J connectivity index is 2.21. The molecule has 15 heavy (non-hydrogen) atoms. The summed E-state index contributed by atoms with van der Waals surface area (Å²) in [5.74, 6) is 0.136. The molecule has 1 fully saturated rings. The van der Waals surface area contributed by atoms with Gasteiger partial charge in [-0.25, -0.2) is 9.97 Å². The van der Waals surface area contributed by atoms with Crippen LogP contribution in [0.15, 0.2) is 12.4 Å². The van der Waals surface area contributed by atoms with Crippen LogP contribution in [-0.2, 0) is 4.74 Å². The van der Waals surface area contributed by atoms with E-state index < -0.39 is 5.95 Å². The normalized spacial score (nSPS) is 26.7. The zero-order valence-corrected chi connectivity index (χ0v) is 8.85. The van der Waals surface area contributed by atoms with Crippen LogP contribution in [0.25, 0.3) is 0 Å². The van der Waals surface area contributed by atoms with Gasteiger partial charge in [-0.05, 0) is 13.8 Å². The second kappa shape index (κ2) is 4.10. The van der Waals surface area contributed by atoms with Gasteiger partial charge in [0.2, 0.25) is 5.95 Å². The molecule has 0 spiro atoms. The number of ether oxygens (including phenoxy) is 1. The number of rotatable bonds is 1. The first-order valence-corrected chi connectivity index (χ1v) is 5.02. The minimum absolute atomic E-state index is 0.152. The number of anilines is 1. The highest BCUT2D eigenvalue weighted by molar-refractivity contribution is 5.38. The maximum atomic E-state index is 12.9. The van der Waals surface area contributed by atoms with Crippen molar-refractivity contribution in [3.05, 3.63) is 18.3 Å². The van der Waals surface area contributed by atoms with E-state index in [1.54, 1.807) is 0 Å². The molecular weight excluding hydrogens is 197 g/mol. The van der Waals surface area contributed by atoms with Crippen LogP contribution in [0.2, 0.25) is 0 Å². The monoisotopic (exact) mass is 211 g/mol. The molecule has 0 radical (unpaired) electrons. The van der Waals surface area contributed by atoms with Gasteiger partial charge in [0.05, 0.1) is 18.8 Å². The molecule has 2 rings (SSSR count). The van der Waals surface area contributed by atoms with Crippen LogP contribution in [0, 0.1) is 5.95 Å². The Morgan fingerprint density at radius 2 is 2.27 bits per heavy atom. The molecule has 0 saturated carbocycles. The van der Waals surface area contributed by atoms with E-state index in [2.05, 4.69) is 9.97 Å². The summed E-state index contributed by atoms with van der Waals surface area (Å²) in [5.41, 5.74) is 0. The van der Waals surface area contributed by atoms with Crippen LogP contribution in [-0.4, -0.2) is 35.3 Å². The fourth-order valence-electron chi connectivity index (χ4n) is 1.70. The third-order valence-corrected chi connectivity index (χ3v) is 2.52. The Labute approximate surface area is 88.1 Å². The van der Waals surface area contributed by atoms with Crippen molar-refractivity contribution in [2.24, 2.45) is 0 Å². The standard InChI is InChI=1S/C10H14FN3O/c1-7-5-15-8(2)4-14(7)10-3-9(11)12-6-13-10/h3,6-8H,4-5H2,1-2H3. The second-order valence-electron chi connectivity index (χ2n) is 3.84. The third kappa shape index (κ3) is 2.23. The summed E-state index contributed by atoms with van der Waals surface area (Å²) >= 11 is 0. The van der Waals surface area contributed by atoms with Gasteiger partial charge in [-0.1, -0.05) is 0 Å². The lowest BCUT2D eigenvalue weighted by Crippen LogP contribution is -2.47. The molecule has 0 bridgehead atoms. The van der Waals surface area contributed by atoms with Crippen molar-refractivity contribution in [1.29, 1.82) is 0 Å². The van der Waals surface area contributed by atoms with Gasteiger partial charge in [0.25, 0.3) is 0 Å². The van der Waals surface area contributed by atoms with Crippen molar-refractivity contribution in [3.8, 4) is 0 Å². The van der Waals surface area contributed by atoms with Gasteiger partial charge in [-0.2, -0.15) is 4.39 Å². The summed E-state index contributed by atoms with van der Waals surface area (Å²) in [6, 6.07) is 1.57. The lowest BCUT2D eigenvalue weighted by Gasteiger charge is -2.37. The molecule has 1 aliphatic rings. The van der Waals surface area contributed by atoms with Gasteiger partial charge in [-0.3, -0.25) is 0 Å². The number of hydrogen-bond acceptors (Lipinski definition) is 4. The average molecular weight is 211 g/mol. The second-order valence-corrected chi connectivity index (χ2v) is 3.84. The van der Waals surface area contributed by atoms with Crippen molar-refractivity contribution < 1.29 is 9.13 Å². The molecule has 0 aromatic carbocycles. The van der Waals surface area contributed by atoms with Crippen LogP contribution in [0.3, 0.4) is 0 Å². The zero-order valence-electron chi connectivity index (χ0n) is 8.85. The van der Waals surface area contributed by atoms with Crippen molar-refractivity contribution in [2.75, 3.05) is 18.1 Å². The number of aromatic nitrogens is 2. The molecule has 1 aromatic rings. The lowest BCUT2D eigenvalue weighted by atomic mass is 10.2. The molecule has 2 atom stereocenters. The van der Waals surface area contributed by atoms with E-state index in [4.69, 9.17) is 4.74 Å². The van der Waals surface area contributed by atoms with Crippen LogP contribution in [0.4, 0.5) is 10.2 Å². The lowest BCUT2D eigenvalue weighted by molar-refractivity contribution is 0.0340. The van der Waals surface area contributed by atoms with Crippen LogP contribution < -0.4 is 4.90 Å². The largest absolute Gasteiger partial charge is 0.375 e. The summed E-state index contributed by atoms with van der Waals surface area (Å²) in [5, 5.41) is 0. The molecule has 1 aliphatic heterocycles. The van der Waals surface area contributed by atoms with Crippen molar-refractivity contribution >= 4 is 5.82 Å². The molecule has 0 amide bonds. The summed E-state index contributed by atoms with van der Waals surface area (Å²) in [7, 11) is 0. The minimum Gasteiger partial charge on any atom is -0.375 e. The zero-order chi connectivity index (χ0) is 10.8. The number of morpholine rings is 1. The average Bonchev–Trinajstić information content (AvgIpc) is 2.22. The Hall–Kier alpha value is -1.23. The topological polar surface area (TPSA) is 38.2 Å². The van der Waals surface area contributed by atoms with Crippen molar-refractivity contribution in [3.63, 3.8) is 0 Å². The molecule has 5 heteroatoms. The first-order valence-electron chi connectivity index (χ1n) is 5.02. The van der Waals surface area contributed by atoms with E-state index in [1.807, 2.05) is 18.7 Å². The Morgan fingerprint density at radius 1 is 1.47 bits per heavy atom. The van der Waals surface area contributed by atoms with Gasteiger partial charge >= 0.3 is 0 Å². The Morgan fingerprint density at radius 3 is 3.00 bits per heavy atom. The van der Waals surface area contributed by atoms with Gasteiger partial charge < -0.3 is 9.64 Å². The molecule has 0 N–H and O–H groups in total. The summed E-state index contributed by atoms with van der Waals surface area (Å²) in [4.78, 5) is 9.55. The summed E-state index contributed by atoms with van der Waals surface area (Å²) in [6.45, 7) is 5.41. The highest BCUT2D eigenvalue weighted by Gasteiger charge is 2.24. The summed E-state index contributed by atoms with van der Waals surface area (Å²) in [6.07, 6.45) is 1.40. The van der Waals surface area contributed by atoms with Crippen LogP contribution >= 0.6 is 0 Å². The van der Waals surface area contributed by atoms with Crippen molar-refractivity contribution in [1.82, 2.24) is 9.97 Å². The smallest absolute Gasteiger partial charge is 0.218 e. The predicted molar refractivity (Wildman–Crippen MR) is 54.2 cm³/mol. The van der Waals surface area contributed by atoms with Gasteiger partial charge in [0.1, 0.15) is 12.1 Å². The molecule has 1 aromatic heterocycles. The molecule has 2 unspecified atom stereocenters. The molecule has 1 saturated heterocycles. The van der Waals surface area contributed by atoms with Gasteiger partial charge in [-0.15, -0.1) is 0 Å². The van der Waals surface area contributed by atoms with E-state index in [9.17, 15) is 4.39 Å². The highest BCUT2D eigenvalue weighted by Crippen LogP contribution is 2.19. The van der Waals surface area contributed by atoms with E-state index >= 15 is 0 Å². The number of hydrogen-bond donors (Lipinski definition) is 0. The fourth-order valence-corrected chi connectivity index (χ4v) is 1.70. The maximum absolute atomic E-state index is 12.9.